The van der Waals surface area contributed by atoms with Crippen molar-refractivity contribution < 1.29 is 0 Å². The molecule has 0 aliphatic rings. The van der Waals surface area contributed by atoms with Crippen molar-refractivity contribution in [2.24, 2.45) is 0 Å². The molecule has 1 N–H and O–H groups in total. The summed E-state index contributed by atoms with van der Waals surface area (Å²) in [7, 11) is 0. The lowest BCUT2D eigenvalue weighted by molar-refractivity contribution is 0.901. The summed E-state index contributed by atoms with van der Waals surface area (Å²) in [6.45, 7) is 0. The van der Waals surface area contributed by atoms with Gasteiger partial charge in [-0.05, 0) is 18.2 Å². The Bertz CT molecular complexity index is 1450. The second kappa shape index (κ2) is 6.76. The molecule has 29 heavy (non-hydrogen) atoms. The summed E-state index contributed by atoms with van der Waals surface area (Å²) in [5.41, 5.74) is 6.04. The van der Waals surface area contributed by atoms with E-state index in [-0.39, 0.29) is 12.4 Å². The number of rotatable bonds is 2. The summed E-state index contributed by atoms with van der Waals surface area (Å²) in [4.78, 5) is 9.59. The van der Waals surface area contributed by atoms with Gasteiger partial charge in [0.1, 0.15) is 0 Å². The van der Waals surface area contributed by atoms with Crippen molar-refractivity contribution in [3.05, 3.63) is 91.1 Å². The molecule has 0 atom stereocenters. The Morgan fingerprint density at radius 2 is 1.38 bits per heavy atom. The fourth-order valence-electron chi connectivity index (χ4n) is 3.97. The van der Waals surface area contributed by atoms with Crippen LogP contribution in [0.5, 0.6) is 0 Å². The number of hydrogen-bond acceptors (Lipinski definition) is 2. The van der Waals surface area contributed by atoms with E-state index < -0.39 is 0 Å². The molecule has 6 aromatic rings. The topological polar surface area (TPSA) is 46.5 Å². The van der Waals surface area contributed by atoms with Crippen molar-refractivity contribution in [1.29, 1.82) is 0 Å². The first-order valence-electron chi connectivity index (χ1n) is 9.29. The third-order valence-electron chi connectivity index (χ3n) is 5.22. The number of H-pyrrole nitrogens is 1. The van der Waals surface area contributed by atoms with E-state index >= 15 is 0 Å². The number of fused-ring (bicyclic) bond motifs is 5. The second-order valence-electron chi connectivity index (χ2n) is 6.87. The van der Waals surface area contributed by atoms with Gasteiger partial charge in [-0.15, -0.1) is 12.4 Å². The summed E-state index contributed by atoms with van der Waals surface area (Å²) < 4.78 is 2.05. The number of aromatic amines is 1. The van der Waals surface area contributed by atoms with Crippen LogP contribution in [-0.2, 0) is 0 Å². The number of halogens is 1. The van der Waals surface area contributed by atoms with Gasteiger partial charge in [0.25, 0.3) is 0 Å². The minimum Gasteiger partial charge on any atom is -0.291 e. The molecule has 0 bridgehead atoms. The molecule has 0 aliphatic heterocycles. The number of pyridine rings is 1. The van der Waals surface area contributed by atoms with Crippen molar-refractivity contribution in [3.63, 3.8) is 0 Å². The normalized spacial score (nSPS) is 11.2. The Morgan fingerprint density at radius 1 is 0.690 bits per heavy atom. The molecule has 3 aromatic heterocycles. The number of aromatic nitrogens is 4. The highest BCUT2D eigenvalue weighted by Crippen LogP contribution is 2.37. The van der Waals surface area contributed by atoms with Gasteiger partial charge in [0.05, 0.1) is 34.0 Å². The number of hydrogen-bond donors (Lipinski definition) is 1. The first-order chi connectivity index (χ1) is 13.9. The van der Waals surface area contributed by atoms with E-state index in [2.05, 4.69) is 64.4 Å². The molecule has 5 heteroatoms. The molecule has 0 radical (unpaired) electrons. The predicted octanol–water partition coefficient (Wildman–Crippen LogP) is 6.14. The van der Waals surface area contributed by atoms with Crippen LogP contribution in [0.1, 0.15) is 0 Å². The average Bonchev–Trinajstić information content (AvgIpc) is 3.33. The van der Waals surface area contributed by atoms with Crippen molar-refractivity contribution in [2.75, 3.05) is 0 Å². The van der Waals surface area contributed by atoms with E-state index in [1.54, 1.807) is 0 Å². The maximum absolute atomic E-state index is 4.80. The van der Waals surface area contributed by atoms with Gasteiger partial charge in [0, 0.05) is 16.3 Å². The van der Waals surface area contributed by atoms with Crippen molar-refractivity contribution in [1.82, 2.24) is 19.7 Å². The summed E-state index contributed by atoms with van der Waals surface area (Å²) in [5, 5.41) is 6.99. The highest BCUT2D eigenvalue weighted by molar-refractivity contribution is 6.22. The third-order valence-corrected chi connectivity index (χ3v) is 5.22. The van der Waals surface area contributed by atoms with Gasteiger partial charge in [-0.1, -0.05) is 66.7 Å². The van der Waals surface area contributed by atoms with E-state index in [4.69, 9.17) is 9.97 Å². The quantitative estimate of drug-likeness (QED) is 0.382. The van der Waals surface area contributed by atoms with E-state index in [0.717, 1.165) is 49.8 Å². The van der Waals surface area contributed by atoms with Crippen LogP contribution in [0.4, 0.5) is 0 Å². The number of nitrogens with one attached hydrogen (secondary N) is 1. The van der Waals surface area contributed by atoms with Crippen molar-refractivity contribution in [3.8, 4) is 16.9 Å². The summed E-state index contributed by atoms with van der Waals surface area (Å²) in [6.07, 6.45) is 1.87. The Morgan fingerprint density at radius 3 is 2.17 bits per heavy atom. The van der Waals surface area contributed by atoms with Gasteiger partial charge in [0.15, 0.2) is 5.65 Å². The molecular formula is C24H17ClN4. The minimum absolute atomic E-state index is 0. The first-order valence-corrected chi connectivity index (χ1v) is 9.29. The molecular weight excluding hydrogens is 380 g/mol. The first kappa shape index (κ1) is 17.5. The van der Waals surface area contributed by atoms with Crippen LogP contribution in [0, 0.1) is 0 Å². The molecule has 0 unspecified atom stereocenters. The average molecular weight is 397 g/mol. The lowest BCUT2D eigenvalue weighted by Gasteiger charge is -2.03. The molecule has 0 spiro atoms. The lowest BCUT2D eigenvalue weighted by Crippen LogP contribution is -1.97. The van der Waals surface area contributed by atoms with Gasteiger partial charge < -0.3 is 0 Å². The second-order valence-corrected chi connectivity index (χ2v) is 6.87. The zero-order valence-electron chi connectivity index (χ0n) is 15.4. The van der Waals surface area contributed by atoms with E-state index in [9.17, 15) is 0 Å². The van der Waals surface area contributed by atoms with Gasteiger partial charge in [-0.25, -0.2) is 14.6 Å². The van der Waals surface area contributed by atoms with Gasteiger partial charge in [-0.2, -0.15) is 0 Å². The highest BCUT2D eigenvalue weighted by Gasteiger charge is 2.19. The van der Waals surface area contributed by atoms with Gasteiger partial charge in [0.2, 0.25) is 0 Å². The fourth-order valence-corrected chi connectivity index (χ4v) is 3.97. The monoisotopic (exact) mass is 396 g/mol. The summed E-state index contributed by atoms with van der Waals surface area (Å²) in [6, 6.07) is 28.9. The van der Waals surface area contributed by atoms with E-state index in [1.807, 2.05) is 36.5 Å². The maximum atomic E-state index is 4.80. The molecule has 0 saturated carbocycles. The van der Waals surface area contributed by atoms with Crippen LogP contribution in [0.25, 0.3) is 49.8 Å². The third kappa shape index (κ3) is 2.61. The molecule has 0 saturated heterocycles. The SMILES string of the molecule is Cl.c1ccc(-c2[nH]n(-c3ccccc3)c3ncc4nc5ccccc5c4c23)cc1. The minimum atomic E-state index is 0. The molecule has 0 fully saturated rings. The van der Waals surface area contributed by atoms with Crippen LogP contribution in [-0.4, -0.2) is 19.7 Å². The van der Waals surface area contributed by atoms with Crippen LogP contribution in [0.3, 0.4) is 0 Å². The Balaban J connectivity index is 0.00000181. The van der Waals surface area contributed by atoms with Gasteiger partial charge >= 0.3 is 0 Å². The smallest absolute Gasteiger partial charge is 0.162 e. The molecule has 0 aliphatic carbocycles. The molecule has 4 nitrogen and oxygen atoms in total. The fraction of sp³-hybridized carbons (Fsp3) is 0. The number of benzene rings is 3. The standard InChI is InChI=1S/C24H16N4.ClH/c1-3-9-16(10-4-1)23-22-21-18-13-7-8-14-19(18)26-20(21)15-25-24(22)28(27-23)17-11-5-2-6-12-17;/h1-15,27H;1H. The Kier molecular flexibility index (Phi) is 4.07. The van der Waals surface area contributed by atoms with Crippen LogP contribution >= 0.6 is 12.4 Å². The van der Waals surface area contributed by atoms with Crippen molar-refractivity contribution in [2.45, 2.75) is 0 Å². The lowest BCUT2D eigenvalue weighted by atomic mass is 10.0. The molecule has 140 valence electrons. The molecule has 0 amide bonds. The zero-order chi connectivity index (χ0) is 18.5. The number of nitrogens with zero attached hydrogens (tertiary/aromatic N) is 3. The largest absolute Gasteiger partial charge is 0.291 e. The van der Waals surface area contributed by atoms with Crippen LogP contribution < -0.4 is 0 Å². The van der Waals surface area contributed by atoms with E-state index in [0.29, 0.717) is 0 Å². The zero-order valence-corrected chi connectivity index (χ0v) is 16.2. The van der Waals surface area contributed by atoms with Crippen molar-refractivity contribution >= 4 is 45.2 Å². The molecule has 6 rings (SSSR count). The van der Waals surface area contributed by atoms with Gasteiger partial charge in [-0.3, -0.25) is 5.10 Å². The van der Waals surface area contributed by atoms with Crippen LogP contribution in [0.2, 0.25) is 0 Å². The predicted molar refractivity (Wildman–Crippen MR) is 121 cm³/mol. The maximum Gasteiger partial charge on any atom is 0.162 e. The Labute approximate surface area is 173 Å². The summed E-state index contributed by atoms with van der Waals surface area (Å²) in [5.74, 6) is 0. The highest BCUT2D eigenvalue weighted by atomic mass is 35.5. The molecule has 3 heterocycles. The number of para-hydroxylation sites is 2. The van der Waals surface area contributed by atoms with Crippen LogP contribution in [0.15, 0.2) is 91.1 Å². The Hall–Kier alpha value is -3.63. The molecule has 3 aromatic carbocycles. The van der Waals surface area contributed by atoms with E-state index in [1.165, 1.54) is 0 Å². The summed E-state index contributed by atoms with van der Waals surface area (Å²) >= 11 is 0.